The van der Waals surface area contributed by atoms with Gasteiger partial charge in [-0.3, -0.25) is 4.79 Å². The zero-order valence-electron chi connectivity index (χ0n) is 19.5. The summed E-state index contributed by atoms with van der Waals surface area (Å²) in [5.74, 6) is 2.30. The summed E-state index contributed by atoms with van der Waals surface area (Å²) in [7, 11) is 1.33. The number of urea groups is 1. The van der Waals surface area contributed by atoms with Gasteiger partial charge in [-0.1, -0.05) is 6.07 Å². The predicted octanol–water partition coefficient (Wildman–Crippen LogP) is 3.59. The molecule has 1 saturated heterocycles. The molecule has 1 aromatic carbocycles. The molecule has 5 aliphatic rings. The van der Waals surface area contributed by atoms with E-state index in [1.54, 1.807) is 24.3 Å². The second-order valence-corrected chi connectivity index (χ2v) is 10.8. The van der Waals surface area contributed by atoms with Crippen LogP contribution in [0.2, 0.25) is 0 Å². The molecule has 33 heavy (non-hydrogen) atoms. The summed E-state index contributed by atoms with van der Waals surface area (Å²) in [6.45, 7) is 1.96. The van der Waals surface area contributed by atoms with Crippen molar-refractivity contribution in [2.24, 2.45) is 23.7 Å². The Kier molecular flexibility index (Phi) is 6.06. The Balaban J connectivity index is 1.08. The molecule has 0 spiro atoms. The number of nitrogens with zero attached hydrogens (tertiary/aromatic N) is 1. The van der Waals surface area contributed by atoms with Crippen LogP contribution in [-0.4, -0.2) is 55.1 Å². The van der Waals surface area contributed by atoms with Gasteiger partial charge < -0.3 is 20.3 Å². The molecule has 4 bridgehead atoms. The number of rotatable bonds is 5. The number of esters is 1. The number of carbonyl (C=O) groups excluding carboxylic acids is 3. The average molecular weight is 454 g/mol. The van der Waals surface area contributed by atoms with E-state index in [9.17, 15) is 14.4 Å². The first-order chi connectivity index (χ1) is 15.9. The van der Waals surface area contributed by atoms with Crippen molar-refractivity contribution in [2.75, 3.05) is 26.7 Å². The van der Waals surface area contributed by atoms with Crippen molar-refractivity contribution in [3.63, 3.8) is 0 Å². The van der Waals surface area contributed by atoms with Crippen molar-refractivity contribution in [1.82, 2.24) is 15.5 Å². The number of hydrogen-bond acceptors (Lipinski definition) is 4. The number of nitrogens with one attached hydrogen (secondary N) is 2. The summed E-state index contributed by atoms with van der Waals surface area (Å²) in [5, 5.41) is 6.50. The Morgan fingerprint density at radius 1 is 1.00 bits per heavy atom. The number of benzene rings is 1. The van der Waals surface area contributed by atoms with E-state index in [0.717, 1.165) is 49.9 Å². The quantitative estimate of drug-likeness (QED) is 0.667. The molecule has 1 heterocycles. The molecule has 0 radical (unpaired) electrons. The number of piperidine rings is 1. The van der Waals surface area contributed by atoms with Crippen LogP contribution in [0.15, 0.2) is 24.3 Å². The molecular formula is C26H35N3O4. The monoisotopic (exact) mass is 453 g/mol. The van der Waals surface area contributed by atoms with Crippen LogP contribution >= 0.6 is 0 Å². The third kappa shape index (κ3) is 4.73. The zero-order valence-corrected chi connectivity index (χ0v) is 19.5. The van der Waals surface area contributed by atoms with Crippen LogP contribution in [0.3, 0.4) is 0 Å². The molecule has 178 valence electrons. The van der Waals surface area contributed by atoms with Crippen LogP contribution < -0.4 is 10.6 Å². The van der Waals surface area contributed by atoms with Gasteiger partial charge in [-0.05, 0) is 93.2 Å². The molecule has 7 heteroatoms. The van der Waals surface area contributed by atoms with Gasteiger partial charge in [0.1, 0.15) is 0 Å². The molecule has 5 fully saturated rings. The van der Waals surface area contributed by atoms with Gasteiger partial charge in [0, 0.05) is 30.7 Å². The van der Waals surface area contributed by atoms with E-state index in [4.69, 9.17) is 4.74 Å². The molecule has 0 aromatic heterocycles. The van der Waals surface area contributed by atoms with Crippen LogP contribution in [0.4, 0.5) is 4.79 Å². The minimum atomic E-state index is -0.443. The van der Waals surface area contributed by atoms with Crippen LogP contribution in [0.1, 0.15) is 72.1 Å². The maximum Gasteiger partial charge on any atom is 0.337 e. The Labute approximate surface area is 195 Å². The van der Waals surface area contributed by atoms with E-state index in [-0.39, 0.29) is 17.5 Å². The highest BCUT2D eigenvalue weighted by atomic mass is 16.5. The minimum absolute atomic E-state index is 0.0184. The highest BCUT2D eigenvalue weighted by molar-refractivity contribution is 5.98. The van der Waals surface area contributed by atoms with Gasteiger partial charge in [0.2, 0.25) is 0 Å². The van der Waals surface area contributed by atoms with E-state index >= 15 is 0 Å². The highest BCUT2D eigenvalue weighted by Crippen LogP contribution is 2.55. The molecule has 0 atom stereocenters. The summed E-state index contributed by atoms with van der Waals surface area (Å²) >= 11 is 0. The molecule has 0 unspecified atom stereocenters. The van der Waals surface area contributed by atoms with Crippen LogP contribution in [0, 0.1) is 23.7 Å². The lowest BCUT2D eigenvalue weighted by Gasteiger charge is -2.56. The molecule has 2 N–H and O–H groups in total. The van der Waals surface area contributed by atoms with Crippen molar-refractivity contribution >= 4 is 17.9 Å². The van der Waals surface area contributed by atoms with Crippen molar-refractivity contribution in [3.05, 3.63) is 35.4 Å². The lowest BCUT2D eigenvalue weighted by Crippen LogP contribution is -2.61. The van der Waals surface area contributed by atoms with Crippen molar-refractivity contribution in [1.29, 1.82) is 0 Å². The van der Waals surface area contributed by atoms with Crippen molar-refractivity contribution in [2.45, 2.75) is 56.9 Å². The van der Waals surface area contributed by atoms with E-state index < -0.39 is 5.97 Å². The van der Waals surface area contributed by atoms with E-state index in [0.29, 0.717) is 36.7 Å². The fourth-order valence-corrected chi connectivity index (χ4v) is 7.21. The third-order valence-electron chi connectivity index (χ3n) is 8.40. The van der Waals surface area contributed by atoms with Gasteiger partial charge in [0.25, 0.3) is 5.91 Å². The topological polar surface area (TPSA) is 87.7 Å². The van der Waals surface area contributed by atoms with E-state index in [2.05, 4.69) is 10.6 Å². The van der Waals surface area contributed by atoms with Crippen LogP contribution in [-0.2, 0) is 4.74 Å². The number of hydrogen-bond donors (Lipinski definition) is 2. The van der Waals surface area contributed by atoms with Gasteiger partial charge >= 0.3 is 12.0 Å². The number of methoxy groups -OCH3 is 1. The summed E-state index contributed by atoms with van der Waals surface area (Å²) in [4.78, 5) is 39.2. The molecule has 3 amide bonds. The first kappa shape index (κ1) is 22.2. The highest BCUT2D eigenvalue weighted by Gasteiger charge is 2.51. The largest absolute Gasteiger partial charge is 0.465 e. The first-order valence-electron chi connectivity index (χ1n) is 12.5. The summed E-state index contributed by atoms with van der Waals surface area (Å²) in [5.41, 5.74) is 0.921. The third-order valence-corrected chi connectivity index (χ3v) is 8.40. The lowest BCUT2D eigenvalue weighted by molar-refractivity contribution is -0.0136. The van der Waals surface area contributed by atoms with Crippen LogP contribution in [0.25, 0.3) is 0 Å². The second-order valence-electron chi connectivity index (χ2n) is 10.8. The molecular weight excluding hydrogens is 418 g/mol. The zero-order chi connectivity index (χ0) is 23.0. The van der Waals surface area contributed by atoms with Gasteiger partial charge in [0.05, 0.1) is 12.7 Å². The molecule has 1 aliphatic heterocycles. The number of ether oxygens (including phenoxy) is 1. The van der Waals surface area contributed by atoms with Gasteiger partial charge in [-0.2, -0.15) is 0 Å². The maximum absolute atomic E-state index is 12.9. The van der Waals surface area contributed by atoms with Gasteiger partial charge in [-0.25, -0.2) is 9.59 Å². The Bertz CT molecular complexity index is 887. The number of amides is 3. The SMILES string of the molecule is COC(=O)c1cccc(C(=O)N2CCC(CNC(=O)NC34CC5CC(CC(C5)C3)C4)CC2)c1. The molecule has 7 nitrogen and oxygen atoms in total. The van der Waals surface area contributed by atoms with Gasteiger partial charge in [0.15, 0.2) is 0 Å². The summed E-state index contributed by atoms with van der Waals surface area (Å²) in [6, 6.07) is 6.66. The summed E-state index contributed by atoms with van der Waals surface area (Å²) in [6.07, 6.45) is 9.30. The lowest BCUT2D eigenvalue weighted by atomic mass is 9.53. The fraction of sp³-hybridized carbons (Fsp3) is 0.654. The smallest absolute Gasteiger partial charge is 0.337 e. The van der Waals surface area contributed by atoms with Crippen molar-refractivity contribution in [3.8, 4) is 0 Å². The van der Waals surface area contributed by atoms with Crippen LogP contribution in [0.5, 0.6) is 0 Å². The maximum atomic E-state index is 12.9. The molecule has 4 saturated carbocycles. The number of likely N-dealkylation sites (tertiary alicyclic amines) is 1. The minimum Gasteiger partial charge on any atom is -0.465 e. The molecule has 1 aromatic rings. The Morgan fingerprint density at radius 3 is 2.21 bits per heavy atom. The van der Waals surface area contributed by atoms with E-state index in [1.807, 2.05) is 4.90 Å². The molecule has 4 aliphatic carbocycles. The standard InChI is InChI=1S/C26H35N3O4/c1-33-24(31)22-4-2-3-21(12-22)23(30)29-7-5-17(6-8-29)16-27-25(32)28-26-13-18-9-19(14-26)11-20(10-18)15-26/h2-4,12,17-20H,5-11,13-16H2,1H3,(H2,27,28,32). The average Bonchev–Trinajstić information content (AvgIpc) is 2.81. The number of carbonyl (C=O) groups is 3. The summed E-state index contributed by atoms with van der Waals surface area (Å²) < 4.78 is 4.75. The van der Waals surface area contributed by atoms with E-state index in [1.165, 1.54) is 26.4 Å². The second kappa shape index (κ2) is 8.99. The molecule has 6 rings (SSSR count). The first-order valence-corrected chi connectivity index (χ1v) is 12.5. The Morgan fingerprint density at radius 2 is 1.61 bits per heavy atom. The normalized spacial score (nSPS) is 30.7. The van der Waals surface area contributed by atoms with Crippen molar-refractivity contribution < 1.29 is 19.1 Å². The fourth-order valence-electron chi connectivity index (χ4n) is 7.21. The Hall–Kier alpha value is -2.57. The van der Waals surface area contributed by atoms with Gasteiger partial charge in [-0.15, -0.1) is 0 Å². The predicted molar refractivity (Wildman–Crippen MR) is 124 cm³/mol.